The summed E-state index contributed by atoms with van der Waals surface area (Å²) in [6.07, 6.45) is 1.91. The predicted octanol–water partition coefficient (Wildman–Crippen LogP) is 3.29. The Morgan fingerprint density at radius 1 is 1.23 bits per heavy atom. The van der Waals surface area contributed by atoms with Crippen molar-refractivity contribution in [2.75, 3.05) is 36.0 Å². The Balaban J connectivity index is 1.82. The number of nitrogens with zero attached hydrogens (tertiary/aromatic N) is 3. The van der Waals surface area contributed by atoms with Crippen LogP contribution < -0.4 is 9.80 Å². The van der Waals surface area contributed by atoms with E-state index in [1.165, 1.54) is 4.90 Å². The third-order valence-electron chi connectivity index (χ3n) is 8.96. The lowest BCUT2D eigenvalue weighted by atomic mass is 9.70. The number of benzene rings is 1. The number of likely N-dealkylation sites (tertiary alicyclic amines) is 1. The molecule has 2 bridgehead atoms. The molecular weight excluding hydrogens is 566 g/mol. The zero-order valence-corrected chi connectivity index (χ0v) is 24.7. The summed E-state index contributed by atoms with van der Waals surface area (Å²) in [4.78, 5) is 46.0. The van der Waals surface area contributed by atoms with Gasteiger partial charge in [0.1, 0.15) is 11.6 Å². The molecule has 9 nitrogen and oxygen atoms in total. The van der Waals surface area contributed by atoms with Crippen LogP contribution in [0.5, 0.6) is 0 Å². The van der Waals surface area contributed by atoms with E-state index in [-0.39, 0.29) is 29.8 Å². The minimum absolute atomic E-state index is 0.120. The Hall–Kier alpha value is -2.43. The number of aliphatic hydroxyl groups is 1. The average Bonchev–Trinajstić information content (AvgIpc) is 3.52. The molecule has 1 aromatic rings. The Labute approximate surface area is 238 Å². The van der Waals surface area contributed by atoms with Gasteiger partial charge in [-0.15, -0.1) is 6.58 Å². The molecule has 3 heterocycles. The number of anilines is 2. The third kappa shape index (κ3) is 4.68. The van der Waals surface area contributed by atoms with E-state index >= 15 is 0 Å². The molecule has 3 aliphatic rings. The van der Waals surface area contributed by atoms with Gasteiger partial charge in [-0.1, -0.05) is 42.3 Å². The molecular formula is C29H40BrN3O6. The number of carboxylic acid groups (broad SMARTS) is 1. The molecule has 2 amide bonds. The van der Waals surface area contributed by atoms with E-state index in [9.17, 15) is 24.6 Å². The fourth-order valence-electron chi connectivity index (χ4n) is 6.83. The van der Waals surface area contributed by atoms with Crippen LogP contribution in [0.2, 0.25) is 0 Å². The van der Waals surface area contributed by atoms with Crippen molar-refractivity contribution < 1.29 is 29.3 Å². The SMILES string of the molecule is C=CCN(C(=O)C1N([C@@H](CO)[C@@H](C)CC)C(=O)[C@@H]2[C@@H](C(=O)O)[C@@H]3OC12CC3Br)c1ccc(N(CC)CC)cc1. The zero-order valence-electron chi connectivity index (χ0n) is 23.1. The summed E-state index contributed by atoms with van der Waals surface area (Å²) in [6.45, 7) is 13.5. The fourth-order valence-corrected chi connectivity index (χ4v) is 7.77. The van der Waals surface area contributed by atoms with Gasteiger partial charge in [0.25, 0.3) is 5.91 Å². The van der Waals surface area contributed by atoms with Gasteiger partial charge in [0.15, 0.2) is 0 Å². The molecule has 10 heteroatoms. The number of alkyl halides is 1. The number of amides is 2. The molecule has 4 rings (SSSR count). The molecule has 3 aliphatic heterocycles. The van der Waals surface area contributed by atoms with E-state index in [2.05, 4.69) is 41.3 Å². The molecule has 0 aromatic heterocycles. The number of aliphatic carboxylic acids is 1. The van der Waals surface area contributed by atoms with Crippen LogP contribution in [0.15, 0.2) is 36.9 Å². The highest BCUT2D eigenvalue weighted by atomic mass is 79.9. The summed E-state index contributed by atoms with van der Waals surface area (Å²) < 4.78 is 6.40. The highest BCUT2D eigenvalue weighted by molar-refractivity contribution is 9.09. The first-order valence-electron chi connectivity index (χ1n) is 13.9. The quantitative estimate of drug-likeness (QED) is 0.278. The minimum Gasteiger partial charge on any atom is -0.481 e. The second kappa shape index (κ2) is 11.6. The first kappa shape index (κ1) is 29.6. The van der Waals surface area contributed by atoms with Gasteiger partial charge in [-0.05, 0) is 50.5 Å². The lowest BCUT2D eigenvalue weighted by molar-refractivity contribution is -0.151. The Kier molecular flexibility index (Phi) is 8.78. The number of halogens is 1. The standard InChI is InChI=1S/C29H40BrN3O6/c1-6-14-32(19-12-10-18(11-13-19)31(8-3)9-4)27(36)25-29-15-20(30)24(39-29)22(28(37)38)23(29)26(35)33(25)21(16-34)17(5)7-2/h6,10-13,17,20-25,34H,1,7-9,14-16H2,2-5H3,(H,37,38)/t17-,20?,21-,22+,23-,24+,25?,29?/m0/s1. The molecule has 214 valence electrons. The van der Waals surface area contributed by atoms with Crippen molar-refractivity contribution in [3.05, 3.63) is 36.9 Å². The molecule has 3 fully saturated rings. The van der Waals surface area contributed by atoms with E-state index in [1.54, 1.807) is 11.0 Å². The smallest absolute Gasteiger partial charge is 0.310 e. The van der Waals surface area contributed by atoms with Crippen LogP contribution in [0.1, 0.15) is 40.5 Å². The number of fused-ring (bicyclic) bond motifs is 1. The van der Waals surface area contributed by atoms with Gasteiger partial charge in [-0.3, -0.25) is 14.4 Å². The number of aliphatic hydroxyl groups excluding tert-OH is 1. The van der Waals surface area contributed by atoms with Crippen LogP contribution in [0.3, 0.4) is 0 Å². The van der Waals surface area contributed by atoms with Crippen molar-refractivity contribution in [2.24, 2.45) is 17.8 Å². The number of rotatable bonds is 12. The van der Waals surface area contributed by atoms with Gasteiger partial charge < -0.3 is 29.6 Å². The predicted molar refractivity (Wildman–Crippen MR) is 153 cm³/mol. The number of carbonyl (C=O) groups is 3. The van der Waals surface area contributed by atoms with Crippen LogP contribution in [-0.4, -0.2) is 87.8 Å². The Morgan fingerprint density at radius 2 is 1.85 bits per heavy atom. The lowest BCUT2D eigenvalue weighted by Crippen LogP contribution is -2.60. The summed E-state index contributed by atoms with van der Waals surface area (Å²) in [5.74, 6) is -4.11. The fraction of sp³-hybridized carbons (Fsp3) is 0.621. The summed E-state index contributed by atoms with van der Waals surface area (Å²) in [7, 11) is 0. The van der Waals surface area contributed by atoms with E-state index in [0.29, 0.717) is 18.5 Å². The summed E-state index contributed by atoms with van der Waals surface area (Å²) in [5, 5.41) is 20.6. The van der Waals surface area contributed by atoms with Crippen molar-refractivity contribution >= 4 is 45.1 Å². The van der Waals surface area contributed by atoms with E-state index < -0.39 is 47.5 Å². The van der Waals surface area contributed by atoms with Gasteiger partial charge >= 0.3 is 5.97 Å². The first-order valence-corrected chi connectivity index (χ1v) is 14.8. The van der Waals surface area contributed by atoms with Gasteiger partial charge in [-0.2, -0.15) is 0 Å². The molecule has 1 aromatic carbocycles. The maximum Gasteiger partial charge on any atom is 0.310 e. The van der Waals surface area contributed by atoms with Crippen LogP contribution in [0, 0.1) is 17.8 Å². The molecule has 8 atom stereocenters. The van der Waals surface area contributed by atoms with Gasteiger partial charge in [-0.25, -0.2) is 0 Å². The van der Waals surface area contributed by atoms with Crippen molar-refractivity contribution in [2.45, 2.75) is 69.2 Å². The average molecular weight is 607 g/mol. The van der Waals surface area contributed by atoms with Crippen molar-refractivity contribution in [3.63, 3.8) is 0 Å². The molecule has 2 N–H and O–H groups in total. The molecule has 3 unspecified atom stereocenters. The minimum atomic E-state index is -1.31. The zero-order chi connectivity index (χ0) is 28.6. The first-order chi connectivity index (χ1) is 18.6. The molecule has 0 saturated carbocycles. The third-order valence-corrected chi connectivity index (χ3v) is 9.80. The van der Waals surface area contributed by atoms with Crippen LogP contribution >= 0.6 is 15.9 Å². The second-order valence-corrected chi connectivity index (χ2v) is 12.0. The summed E-state index contributed by atoms with van der Waals surface area (Å²) in [5.41, 5.74) is 0.370. The summed E-state index contributed by atoms with van der Waals surface area (Å²) in [6, 6.07) is 5.95. The van der Waals surface area contributed by atoms with E-state index in [1.807, 2.05) is 38.1 Å². The molecule has 1 spiro atoms. The monoisotopic (exact) mass is 605 g/mol. The van der Waals surface area contributed by atoms with Crippen LogP contribution in [0.4, 0.5) is 11.4 Å². The molecule has 0 aliphatic carbocycles. The summed E-state index contributed by atoms with van der Waals surface area (Å²) >= 11 is 3.58. The normalized spacial score (nSPS) is 30.7. The Morgan fingerprint density at radius 3 is 2.36 bits per heavy atom. The molecule has 3 saturated heterocycles. The van der Waals surface area contributed by atoms with E-state index in [0.717, 1.165) is 18.8 Å². The van der Waals surface area contributed by atoms with Crippen molar-refractivity contribution in [1.29, 1.82) is 0 Å². The van der Waals surface area contributed by atoms with Crippen LogP contribution in [0.25, 0.3) is 0 Å². The highest BCUT2D eigenvalue weighted by Crippen LogP contribution is 2.60. The second-order valence-electron chi connectivity index (χ2n) is 10.8. The van der Waals surface area contributed by atoms with E-state index in [4.69, 9.17) is 4.74 Å². The van der Waals surface area contributed by atoms with Crippen molar-refractivity contribution in [3.8, 4) is 0 Å². The van der Waals surface area contributed by atoms with Gasteiger partial charge in [0.05, 0.1) is 30.6 Å². The largest absolute Gasteiger partial charge is 0.481 e. The van der Waals surface area contributed by atoms with Gasteiger partial charge in [0, 0.05) is 35.8 Å². The number of hydrogen-bond donors (Lipinski definition) is 2. The van der Waals surface area contributed by atoms with Crippen LogP contribution in [-0.2, 0) is 19.1 Å². The highest BCUT2D eigenvalue weighted by Gasteiger charge is 2.77. The number of carbonyl (C=O) groups excluding carboxylic acids is 2. The number of ether oxygens (including phenoxy) is 1. The van der Waals surface area contributed by atoms with Crippen molar-refractivity contribution in [1.82, 2.24) is 4.90 Å². The maximum atomic E-state index is 14.6. The maximum absolute atomic E-state index is 14.6. The Bertz CT molecular complexity index is 1090. The van der Waals surface area contributed by atoms with Gasteiger partial charge in [0.2, 0.25) is 5.91 Å². The molecule has 0 radical (unpaired) electrons. The topological polar surface area (TPSA) is 111 Å². The number of carboxylic acids is 1. The molecule has 39 heavy (non-hydrogen) atoms. The lowest BCUT2D eigenvalue weighted by Gasteiger charge is -2.41. The number of hydrogen-bond acceptors (Lipinski definition) is 6.